The van der Waals surface area contributed by atoms with Crippen LogP contribution in [0.2, 0.25) is 0 Å². The van der Waals surface area contributed by atoms with E-state index in [1.165, 1.54) is 17.1 Å². The summed E-state index contributed by atoms with van der Waals surface area (Å²) in [5.74, 6) is -0.567. The second-order valence-corrected chi connectivity index (χ2v) is 8.37. The molecule has 1 fully saturated rings. The van der Waals surface area contributed by atoms with Crippen LogP contribution in [0, 0.1) is 5.82 Å². The molecule has 1 aliphatic heterocycles. The molecule has 8 nitrogen and oxygen atoms in total. The molecular formula is C25H21F4N5O3. The Morgan fingerprint density at radius 1 is 1.05 bits per heavy atom. The molecule has 0 unspecified atom stereocenters. The fraction of sp³-hybridized carbons (Fsp3) is 0.240. The number of hydrogen-bond donors (Lipinski definition) is 1. The van der Waals surface area contributed by atoms with E-state index in [1.54, 1.807) is 30.3 Å². The number of anilines is 1. The lowest BCUT2D eigenvalue weighted by Crippen LogP contribution is -2.35. The minimum atomic E-state index is -4.88. The molecular weight excluding hydrogens is 494 g/mol. The molecule has 3 heterocycles. The molecule has 0 aliphatic carbocycles. The molecule has 37 heavy (non-hydrogen) atoms. The number of aromatic nitrogens is 3. The number of carbonyl (C=O) groups excluding carboxylic acids is 1. The van der Waals surface area contributed by atoms with Gasteiger partial charge in [0.25, 0.3) is 0 Å². The fourth-order valence-corrected chi connectivity index (χ4v) is 3.99. The molecule has 0 radical (unpaired) electrons. The molecule has 0 saturated carbocycles. The van der Waals surface area contributed by atoms with Gasteiger partial charge in [0.15, 0.2) is 0 Å². The van der Waals surface area contributed by atoms with Gasteiger partial charge in [-0.25, -0.2) is 19.2 Å². The molecule has 5 rings (SSSR count). The minimum Gasteiger partial charge on any atom is -0.439 e. The van der Waals surface area contributed by atoms with E-state index in [2.05, 4.69) is 20.2 Å². The van der Waals surface area contributed by atoms with Crippen LogP contribution in [0.5, 0.6) is 11.6 Å². The second kappa shape index (κ2) is 10.1. The Morgan fingerprint density at radius 3 is 2.65 bits per heavy atom. The molecule has 1 amide bonds. The number of fused-ring (bicyclic) bond motifs is 1. The van der Waals surface area contributed by atoms with Crippen molar-refractivity contribution >= 4 is 22.6 Å². The SMILES string of the molecule is O=C(Nc1ccc(F)c(C(F)(F)F)c1)n1ccc2cc(Oc3cc(CN4CCOCC4)ncn3)ccc21. The molecule has 12 heteroatoms. The predicted octanol–water partition coefficient (Wildman–Crippen LogP) is 5.29. The second-order valence-electron chi connectivity index (χ2n) is 8.37. The van der Waals surface area contributed by atoms with Crippen molar-refractivity contribution < 1.29 is 31.8 Å². The number of benzene rings is 2. The first-order chi connectivity index (χ1) is 17.8. The Bertz CT molecular complexity index is 1430. The lowest BCUT2D eigenvalue weighted by atomic mass is 10.2. The van der Waals surface area contributed by atoms with Crippen molar-refractivity contribution in [2.45, 2.75) is 12.7 Å². The van der Waals surface area contributed by atoms with Gasteiger partial charge in [-0.1, -0.05) is 0 Å². The molecule has 2 aromatic carbocycles. The van der Waals surface area contributed by atoms with Crippen molar-refractivity contribution in [2.24, 2.45) is 0 Å². The zero-order valence-corrected chi connectivity index (χ0v) is 19.3. The Balaban J connectivity index is 1.29. The van der Waals surface area contributed by atoms with Crippen molar-refractivity contribution in [1.82, 2.24) is 19.4 Å². The highest BCUT2D eigenvalue weighted by Crippen LogP contribution is 2.33. The summed E-state index contributed by atoms with van der Waals surface area (Å²) in [6.07, 6.45) is -1.97. The maximum atomic E-state index is 13.5. The summed E-state index contributed by atoms with van der Waals surface area (Å²) in [4.78, 5) is 23.4. The number of amides is 1. The van der Waals surface area contributed by atoms with Crippen molar-refractivity contribution in [3.63, 3.8) is 0 Å². The highest BCUT2D eigenvalue weighted by atomic mass is 19.4. The van der Waals surface area contributed by atoms with Gasteiger partial charge in [-0.2, -0.15) is 13.2 Å². The Hall–Kier alpha value is -4.03. The van der Waals surface area contributed by atoms with Crippen molar-refractivity contribution in [2.75, 3.05) is 31.6 Å². The molecule has 192 valence electrons. The standard InChI is InChI=1S/C25H21F4N5O3/c26-21-3-1-17(12-20(21)25(27,28)29)32-24(35)34-6-5-16-11-19(2-4-22(16)34)37-23-13-18(30-15-31-23)14-33-7-9-36-10-8-33/h1-6,11-13,15H,7-10,14H2,(H,32,35). The third kappa shape index (κ3) is 5.70. The van der Waals surface area contributed by atoms with E-state index < -0.39 is 23.6 Å². The van der Waals surface area contributed by atoms with Crippen LogP contribution in [-0.4, -0.2) is 51.8 Å². The van der Waals surface area contributed by atoms with Crippen LogP contribution in [0.1, 0.15) is 11.3 Å². The van der Waals surface area contributed by atoms with Crippen LogP contribution < -0.4 is 10.1 Å². The monoisotopic (exact) mass is 515 g/mol. The maximum Gasteiger partial charge on any atom is 0.419 e. The Kier molecular flexibility index (Phi) is 6.76. The summed E-state index contributed by atoms with van der Waals surface area (Å²) in [6, 6.07) is 10.0. The number of ether oxygens (including phenoxy) is 2. The number of alkyl halides is 3. The van der Waals surface area contributed by atoms with Gasteiger partial charge < -0.3 is 14.8 Å². The van der Waals surface area contributed by atoms with E-state index in [1.807, 2.05) is 0 Å². The number of morpholine rings is 1. The van der Waals surface area contributed by atoms with Gasteiger partial charge in [-0.15, -0.1) is 0 Å². The lowest BCUT2D eigenvalue weighted by Gasteiger charge is -2.26. The molecule has 1 aliphatic rings. The van der Waals surface area contributed by atoms with Crippen molar-refractivity contribution in [3.8, 4) is 11.6 Å². The summed E-state index contributed by atoms with van der Waals surface area (Å²) in [6.45, 7) is 3.67. The van der Waals surface area contributed by atoms with Crippen LogP contribution >= 0.6 is 0 Å². The van der Waals surface area contributed by atoms with Crippen LogP contribution in [0.25, 0.3) is 10.9 Å². The summed E-state index contributed by atoms with van der Waals surface area (Å²) in [5, 5.41) is 3.03. The van der Waals surface area contributed by atoms with E-state index >= 15 is 0 Å². The van der Waals surface area contributed by atoms with Crippen LogP contribution in [0.4, 0.5) is 28.0 Å². The van der Waals surface area contributed by atoms with E-state index in [0.717, 1.165) is 24.8 Å². The highest BCUT2D eigenvalue weighted by Gasteiger charge is 2.34. The minimum absolute atomic E-state index is 0.183. The van der Waals surface area contributed by atoms with Crippen molar-refractivity contribution in [1.29, 1.82) is 0 Å². The van der Waals surface area contributed by atoms with Gasteiger partial charge in [-0.05, 0) is 42.5 Å². The van der Waals surface area contributed by atoms with E-state index in [-0.39, 0.29) is 5.69 Å². The molecule has 0 bridgehead atoms. The predicted molar refractivity (Wildman–Crippen MR) is 126 cm³/mol. The summed E-state index contributed by atoms with van der Waals surface area (Å²) < 4.78 is 65.0. The summed E-state index contributed by atoms with van der Waals surface area (Å²) in [7, 11) is 0. The maximum absolute atomic E-state index is 13.5. The quantitative estimate of drug-likeness (QED) is 0.364. The molecule has 0 spiro atoms. The molecule has 2 aromatic heterocycles. The number of carbonyl (C=O) groups is 1. The number of nitrogens with zero attached hydrogens (tertiary/aromatic N) is 4. The normalized spacial score (nSPS) is 14.6. The first kappa shape index (κ1) is 24.7. The van der Waals surface area contributed by atoms with Crippen LogP contribution in [0.15, 0.2) is 61.1 Å². The topological polar surface area (TPSA) is 81.5 Å². The first-order valence-electron chi connectivity index (χ1n) is 11.3. The third-order valence-corrected chi connectivity index (χ3v) is 5.81. The zero-order chi connectivity index (χ0) is 26.0. The number of halogens is 4. The van der Waals surface area contributed by atoms with Crippen LogP contribution in [-0.2, 0) is 17.5 Å². The van der Waals surface area contributed by atoms with Gasteiger partial charge in [-0.3, -0.25) is 9.47 Å². The van der Waals surface area contributed by atoms with Gasteiger partial charge in [0.05, 0.1) is 30.0 Å². The number of nitrogens with one attached hydrogen (secondary N) is 1. The molecule has 4 aromatic rings. The van der Waals surface area contributed by atoms with E-state index in [9.17, 15) is 22.4 Å². The average molecular weight is 515 g/mol. The van der Waals surface area contributed by atoms with Crippen molar-refractivity contribution in [3.05, 3.63) is 78.1 Å². The summed E-state index contributed by atoms with van der Waals surface area (Å²) >= 11 is 0. The summed E-state index contributed by atoms with van der Waals surface area (Å²) in [5.41, 5.74) is -0.330. The number of rotatable bonds is 5. The highest BCUT2D eigenvalue weighted by molar-refractivity contribution is 5.98. The largest absolute Gasteiger partial charge is 0.439 e. The molecule has 1 N–H and O–H groups in total. The van der Waals surface area contributed by atoms with E-state index in [0.29, 0.717) is 54.4 Å². The Morgan fingerprint density at radius 2 is 1.86 bits per heavy atom. The van der Waals surface area contributed by atoms with Crippen LogP contribution in [0.3, 0.4) is 0 Å². The third-order valence-electron chi connectivity index (χ3n) is 5.81. The van der Waals surface area contributed by atoms with Gasteiger partial charge in [0.1, 0.15) is 17.9 Å². The van der Waals surface area contributed by atoms with Gasteiger partial charge in [0, 0.05) is 43.0 Å². The lowest BCUT2D eigenvalue weighted by molar-refractivity contribution is -0.139. The fourth-order valence-electron chi connectivity index (χ4n) is 3.99. The van der Waals surface area contributed by atoms with Gasteiger partial charge >= 0.3 is 12.2 Å². The molecule has 0 atom stereocenters. The zero-order valence-electron chi connectivity index (χ0n) is 19.3. The molecule has 1 saturated heterocycles. The van der Waals surface area contributed by atoms with E-state index in [4.69, 9.17) is 9.47 Å². The first-order valence-corrected chi connectivity index (χ1v) is 11.3. The Labute approximate surface area is 208 Å². The number of hydrogen-bond acceptors (Lipinski definition) is 6. The smallest absolute Gasteiger partial charge is 0.419 e. The average Bonchev–Trinajstić information content (AvgIpc) is 3.29. The van der Waals surface area contributed by atoms with Gasteiger partial charge in [0.2, 0.25) is 5.88 Å².